The molecule has 0 radical (unpaired) electrons. The van der Waals surface area contributed by atoms with Gasteiger partial charge < -0.3 is 14.7 Å². The summed E-state index contributed by atoms with van der Waals surface area (Å²) in [5.41, 5.74) is 2.28. The summed E-state index contributed by atoms with van der Waals surface area (Å²) in [6, 6.07) is 12.6. The van der Waals surface area contributed by atoms with Crippen molar-refractivity contribution in [2.75, 3.05) is 33.9 Å². The van der Waals surface area contributed by atoms with Gasteiger partial charge in [-0.2, -0.15) is 4.99 Å². The van der Waals surface area contributed by atoms with Crippen LogP contribution in [0.25, 0.3) is 6.08 Å². The third kappa shape index (κ3) is 6.01. The molecule has 1 aliphatic rings. The first kappa shape index (κ1) is 23.1. The average Bonchev–Trinajstić information content (AvgIpc) is 3.15. The molecule has 168 valence electrons. The van der Waals surface area contributed by atoms with Crippen LogP contribution in [-0.4, -0.2) is 66.5 Å². The van der Waals surface area contributed by atoms with Gasteiger partial charge in [0.1, 0.15) is 17.4 Å². The van der Waals surface area contributed by atoms with E-state index in [9.17, 15) is 14.3 Å². The number of ether oxygens (including phenoxy) is 1. The highest BCUT2D eigenvalue weighted by molar-refractivity contribution is 6.15. The fraction of sp³-hybridized carbons (Fsp3) is 0.292. The Balaban J connectivity index is 1.89. The highest BCUT2D eigenvalue weighted by atomic mass is 19.1. The molecule has 1 heterocycles. The molecule has 7 nitrogen and oxygen atoms in total. The summed E-state index contributed by atoms with van der Waals surface area (Å²) < 4.78 is 18.3. The maximum Gasteiger partial charge on any atom is 0.232 e. The van der Waals surface area contributed by atoms with Crippen LogP contribution in [0.3, 0.4) is 0 Å². The summed E-state index contributed by atoms with van der Waals surface area (Å²) >= 11 is 0. The molecule has 2 N–H and O–H groups in total. The second kappa shape index (κ2) is 10.7. The number of nitrogens with zero attached hydrogens (tertiary/aromatic N) is 3. The third-order valence-corrected chi connectivity index (χ3v) is 5.13. The number of hydrogen-bond acceptors (Lipinski definition) is 4. The minimum Gasteiger partial charge on any atom is -0.508 e. The van der Waals surface area contributed by atoms with Gasteiger partial charge in [-0.05, 0) is 53.5 Å². The number of amides is 1. The number of phenols is 1. The van der Waals surface area contributed by atoms with Crippen molar-refractivity contribution < 1.29 is 19.0 Å². The van der Waals surface area contributed by atoms with Crippen LogP contribution >= 0.6 is 0 Å². The minimum absolute atomic E-state index is 0.0142. The Kier molecular flexibility index (Phi) is 7.72. The van der Waals surface area contributed by atoms with Crippen molar-refractivity contribution in [2.45, 2.75) is 12.8 Å². The van der Waals surface area contributed by atoms with Crippen molar-refractivity contribution in [1.82, 2.24) is 9.80 Å². The van der Waals surface area contributed by atoms with Crippen LogP contribution in [0.5, 0.6) is 5.75 Å². The molecular weight excluding hydrogens is 411 g/mol. The fourth-order valence-corrected chi connectivity index (χ4v) is 3.34. The van der Waals surface area contributed by atoms with E-state index < -0.39 is 0 Å². The Hall–Kier alpha value is -3.52. The lowest BCUT2D eigenvalue weighted by Gasteiger charge is -2.20. The molecule has 2 aromatic carbocycles. The number of aromatic hydroxyl groups is 1. The molecule has 0 unspecified atom stereocenters. The first-order valence-corrected chi connectivity index (χ1v) is 10.3. The van der Waals surface area contributed by atoms with Gasteiger partial charge in [0, 0.05) is 27.2 Å². The molecule has 8 heteroatoms. The predicted octanol–water partition coefficient (Wildman–Crippen LogP) is 3.30. The number of hydrogen-bond donors (Lipinski definition) is 2. The van der Waals surface area contributed by atoms with Crippen LogP contribution in [0.15, 0.2) is 59.1 Å². The zero-order valence-corrected chi connectivity index (χ0v) is 18.2. The van der Waals surface area contributed by atoms with Gasteiger partial charge in [0.05, 0.1) is 13.0 Å². The number of halogens is 1. The minimum atomic E-state index is -0.353. The van der Waals surface area contributed by atoms with Gasteiger partial charge in [0.15, 0.2) is 0 Å². The Morgan fingerprint density at radius 3 is 2.75 bits per heavy atom. The van der Waals surface area contributed by atoms with Gasteiger partial charge >= 0.3 is 0 Å². The topological polar surface area (TPSA) is 89.2 Å². The molecule has 1 amide bonds. The number of likely N-dealkylation sites (N-methyl/N-ethyl adjacent to an activating group) is 1. The summed E-state index contributed by atoms with van der Waals surface area (Å²) in [5, 5.41) is 18.1. The van der Waals surface area contributed by atoms with Gasteiger partial charge in [0.25, 0.3) is 0 Å². The summed E-state index contributed by atoms with van der Waals surface area (Å²) in [6.45, 7) is 1.36. The van der Waals surface area contributed by atoms with E-state index in [1.54, 1.807) is 54.3 Å². The zero-order valence-electron chi connectivity index (χ0n) is 18.2. The van der Waals surface area contributed by atoms with Crippen LogP contribution < -0.4 is 0 Å². The Bertz CT molecular complexity index is 1030. The van der Waals surface area contributed by atoms with Gasteiger partial charge in [-0.3, -0.25) is 15.1 Å². The number of likely N-dealkylation sites (tertiary alicyclic amines) is 1. The normalized spacial score (nSPS) is 16.0. The Labute approximate surface area is 187 Å². The SMILES string of the molecule is COCCN(C)C(=N)N=C1/C(=C/c2cccc(O)c2)CCN1C(=O)Cc1ccc(F)cc1. The number of carbonyl (C=O) groups excluding carboxylic acids is 1. The Morgan fingerprint density at radius 2 is 2.06 bits per heavy atom. The maximum absolute atomic E-state index is 13.2. The van der Waals surface area contributed by atoms with Gasteiger partial charge in [0.2, 0.25) is 11.9 Å². The molecule has 1 saturated heterocycles. The number of methoxy groups -OCH3 is 1. The average molecular weight is 439 g/mol. The number of aliphatic imine (C=N–C) groups is 1. The molecule has 0 aliphatic carbocycles. The molecule has 1 aliphatic heterocycles. The maximum atomic E-state index is 13.2. The van der Waals surface area contributed by atoms with Crippen molar-refractivity contribution >= 4 is 23.8 Å². The largest absolute Gasteiger partial charge is 0.508 e. The van der Waals surface area contributed by atoms with E-state index in [2.05, 4.69) is 4.99 Å². The number of rotatable bonds is 6. The first-order chi connectivity index (χ1) is 15.4. The molecular formula is C24H27FN4O3. The van der Waals surface area contributed by atoms with Crippen molar-refractivity contribution in [3.05, 3.63) is 71.0 Å². The number of phenolic OH excluding ortho intramolecular Hbond substituents is 1. The number of nitrogens with one attached hydrogen (secondary N) is 1. The number of guanidine groups is 1. The molecule has 1 fully saturated rings. The van der Waals surface area contributed by atoms with E-state index >= 15 is 0 Å². The van der Waals surface area contributed by atoms with Crippen LogP contribution in [-0.2, 0) is 16.0 Å². The predicted molar refractivity (Wildman–Crippen MR) is 122 cm³/mol. The highest BCUT2D eigenvalue weighted by Crippen LogP contribution is 2.24. The van der Waals surface area contributed by atoms with Crippen molar-refractivity contribution in [1.29, 1.82) is 5.41 Å². The van der Waals surface area contributed by atoms with Gasteiger partial charge in [-0.25, -0.2) is 4.39 Å². The van der Waals surface area contributed by atoms with E-state index in [1.807, 2.05) is 12.1 Å². The van der Waals surface area contributed by atoms with Gasteiger partial charge in [-0.1, -0.05) is 24.3 Å². The second-order valence-corrected chi connectivity index (χ2v) is 7.54. The summed E-state index contributed by atoms with van der Waals surface area (Å²) in [5.74, 6) is 0.0395. The lowest BCUT2D eigenvalue weighted by atomic mass is 10.1. The lowest BCUT2D eigenvalue weighted by molar-refractivity contribution is -0.126. The molecule has 0 atom stereocenters. The third-order valence-electron chi connectivity index (χ3n) is 5.13. The number of benzene rings is 2. The molecule has 32 heavy (non-hydrogen) atoms. The van der Waals surface area contributed by atoms with E-state index in [0.717, 1.165) is 11.1 Å². The van der Waals surface area contributed by atoms with Crippen molar-refractivity contribution in [3.63, 3.8) is 0 Å². The van der Waals surface area contributed by atoms with E-state index in [0.29, 0.717) is 37.5 Å². The molecule has 3 rings (SSSR count). The second-order valence-electron chi connectivity index (χ2n) is 7.54. The lowest BCUT2D eigenvalue weighted by Crippen LogP contribution is -2.36. The smallest absolute Gasteiger partial charge is 0.232 e. The van der Waals surface area contributed by atoms with E-state index in [-0.39, 0.29) is 29.9 Å². The summed E-state index contributed by atoms with van der Waals surface area (Å²) in [6.07, 6.45) is 2.54. The van der Waals surface area contributed by atoms with Crippen LogP contribution in [0, 0.1) is 11.2 Å². The van der Waals surface area contributed by atoms with Crippen LogP contribution in [0.1, 0.15) is 17.5 Å². The van der Waals surface area contributed by atoms with E-state index in [4.69, 9.17) is 10.1 Å². The zero-order chi connectivity index (χ0) is 23.1. The van der Waals surface area contributed by atoms with Crippen LogP contribution in [0.4, 0.5) is 4.39 Å². The molecule has 0 spiro atoms. The standard InChI is InChI=1S/C24H27FN4O3/c1-28(12-13-32-2)24(26)27-23-19(14-18-4-3-5-21(30)15-18)10-11-29(23)22(31)16-17-6-8-20(25)9-7-17/h3-9,14-15,26,30H,10-13,16H2,1-2H3/b19-14+,26-24?,27-23?. The molecule has 2 aromatic rings. The number of carbonyl (C=O) groups is 1. The highest BCUT2D eigenvalue weighted by Gasteiger charge is 2.30. The molecule has 0 aromatic heterocycles. The Morgan fingerprint density at radius 1 is 1.31 bits per heavy atom. The monoisotopic (exact) mass is 438 g/mol. The molecule has 0 saturated carbocycles. The number of amidine groups is 1. The summed E-state index contributed by atoms with van der Waals surface area (Å²) in [4.78, 5) is 20.7. The van der Waals surface area contributed by atoms with Crippen molar-refractivity contribution in [2.24, 2.45) is 4.99 Å². The van der Waals surface area contributed by atoms with Crippen molar-refractivity contribution in [3.8, 4) is 5.75 Å². The first-order valence-electron chi connectivity index (χ1n) is 10.3. The van der Waals surface area contributed by atoms with E-state index in [1.165, 1.54) is 12.1 Å². The summed E-state index contributed by atoms with van der Waals surface area (Å²) in [7, 11) is 3.33. The van der Waals surface area contributed by atoms with Crippen LogP contribution in [0.2, 0.25) is 0 Å². The van der Waals surface area contributed by atoms with Gasteiger partial charge in [-0.15, -0.1) is 0 Å². The molecule has 0 bridgehead atoms. The fourth-order valence-electron chi connectivity index (χ4n) is 3.34. The quantitative estimate of drug-likeness (QED) is 0.535.